The molecule has 1 heterocycles. The van der Waals surface area contributed by atoms with E-state index in [-0.39, 0.29) is 5.41 Å². The lowest BCUT2D eigenvalue weighted by Gasteiger charge is -2.46. The molecule has 94 valence electrons. The van der Waals surface area contributed by atoms with Crippen molar-refractivity contribution in [3.8, 4) is 0 Å². The number of aromatic nitrogens is 3. The van der Waals surface area contributed by atoms with Crippen LogP contribution in [-0.4, -0.2) is 15.4 Å². The van der Waals surface area contributed by atoms with E-state index in [0.717, 1.165) is 34.6 Å². The average Bonchev–Trinajstić information content (AvgIpc) is 2.71. The van der Waals surface area contributed by atoms with E-state index in [4.69, 9.17) is 0 Å². The number of aryl methyl sites for hydroxylation is 1. The van der Waals surface area contributed by atoms with Gasteiger partial charge in [-0.25, -0.2) is 0 Å². The topological polar surface area (TPSA) is 41.6 Å². The zero-order valence-corrected chi connectivity index (χ0v) is 12.2. The standard InChI is InChI=1S/C14H16BrN3/c1-9-7-14(8-9,13-10(2)16-18-17-13)11-4-3-5-12(15)6-11/h3-6,9H,7-8H2,1-2H3,(H,16,17,18). The van der Waals surface area contributed by atoms with E-state index < -0.39 is 0 Å². The molecule has 1 saturated carbocycles. The van der Waals surface area contributed by atoms with Crippen molar-refractivity contribution in [1.29, 1.82) is 0 Å². The molecular formula is C14H16BrN3. The van der Waals surface area contributed by atoms with Crippen LogP contribution in [0.4, 0.5) is 0 Å². The molecule has 0 bridgehead atoms. The number of rotatable bonds is 2. The summed E-state index contributed by atoms with van der Waals surface area (Å²) in [5, 5.41) is 11.3. The van der Waals surface area contributed by atoms with Crippen LogP contribution >= 0.6 is 15.9 Å². The highest BCUT2D eigenvalue weighted by Crippen LogP contribution is 2.52. The third-order valence-corrected chi connectivity index (χ3v) is 4.44. The second kappa shape index (κ2) is 4.19. The summed E-state index contributed by atoms with van der Waals surface area (Å²) in [6, 6.07) is 8.57. The zero-order chi connectivity index (χ0) is 12.8. The molecule has 3 rings (SSSR count). The number of hydrogen-bond acceptors (Lipinski definition) is 2. The van der Waals surface area contributed by atoms with Gasteiger partial charge in [-0.3, -0.25) is 5.10 Å². The van der Waals surface area contributed by atoms with E-state index in [1.807, 2.05) is 0 Å². The maximum Gasteiger partial charge on any atom is 0.0959 e. The minimum Gasteiger partial charge on any atom is -0.262 e. The Morgan fingerprint density at radius 3 is 2.72 bits per heavy atom. The van der Waals surface area contributed by atoms with Crippen molar-refractivity contribution in [3.05, 3.63) is 45.7 Å². The van der Waals surface area contributed by atoms with Gasteiger partial charge in [0.2, 0.25) is 0 Å². The van der Waals surface area contributed by atoms with Gasteiger partial charge >= 0.3 is 0 Å². The summed E-state index contributed by atoms with van der Waals surface area (Å²) in [6.07, 6.45) is 2.30. The Morgan fingerprint density at radius 1 is 1.39 bits per heavy atom. The molecule has 3 nitrogen and oxygen atoms in total. The van der Waals surface area contributed by atoms with Gasteiger partial charge in [0.25, 0.3) is 0 Å². The number of aromatic amines is 1. The Labute approximate surface area is 115 Å². The van der Waals surface area contributed by atoms with E-state index in [9.17, 15) is 0 Å². The molecule has 0 radical (unpaired) electrons. The van der Waals surface area contributed by atoms with Gasteiger partial charge in [-0.2, -0.15) is 0 Å². The lowest BCUT2D eigenvalue weighted by molar-refractivity contribution is 0.194. The second-order valence-electron chi connectivity index (χ2n) is 5.39. The van der Waals surface area contributed by atoms with Crippen molar-refractivity contribution in [1.82, 2.24) is 15.4 Å². The molecule has 0 saturated heterocycles. The average molecular weight is 306 g/mol. The van der Waals surface area contributed by atoms with Gasteiger partial charge in [0.15, 0.2) is 0 Å². The summed E-state index contributed by atoms with van der Waals surface area (Å²) < 4.78 is 1.13. The van der Waals surface area contributed by atoms with Gasteiger partial charge in [0, 0.05) is 9.89 Å². The fourth-order valence-corrected chi connectivity index (χ4v) is 3.61. The van der Waals surface area contributed by atoms with Crippen molar-refractivity contribution in [2.75, 3.05) is 0 Å². The third-order valence-electron chi connectivity index (χ3n) is 3.95. The van der Waals surface area contributed by atoms with Crippen LogP contribution in [0.1, 0.15) is 36.7 Å². The van der Waals surface area contributed by atoms with Gasteiger partial charge in [0.05, 0.1) is 11.4 Å². The zero-order valence-electron chi connectivity index (χ0n) is 10.6. The number of hydrogen-bond donors (Lipinski definition) is 1. The van der Waals surface area contributed by atoms with Crippen molar-refractivity contribution in [2.24, 2.45) is 5.92 Å². The number of nitrogens with zero attached hydrogens (tertiary/aromatic N) is 2. The van der Waals surface area contributed by atoms with Crippen LogP contribution in [0.5, 0.6) is 0 Å². The Kier molecular flexibility index (Phi) is 2.77. The largest absolute Gasteiger partial charge is 0.262 e. The molecule has 18 heavy (non-hydrogen) atoms. The number of H-pyrrole nitrogens is 1. The van der Waals surface area contributed by atoms with E-state index in [2.05, 4.69) is 69.5 Å². The predicted octanol–water partition coefficient (Wildman–Crippen LogP) is 3.59. The van der Waals surface area contributed by atoms with Crippen LogP contribution in [-0.2, 0) is 5.41 Å². The Bertz CT molecular complexity index is 570. The van der Waals surface area contributed by atoms with Crippen molar-refractivity contribution in [2.45, 2.75) is 32.1 Å². The summed E-state index contributed by atoms with van der Waals surface area (Å²) in [5.41, 5.74) is 3.59. The first-order valence-electron chi connectivity index (χ1n) is 6.26. The highest BCUT2D eigenvalue weighted by atomic mass is 79.9. The molecule has 0 amide bonds. The first kappa shape index (κ1) is 11.9. The molecule has 1 fully saturated rings. The molecule has 1 aromatic carbocycles. The normalized spacial score (nSPS) is 26.9. The highest BCUT2D eigenvalue weighted by Gasteiger charge is 2.47. The van der Waals surface area contributed by atoms with Crippen LogP contribution in [0.2, 0.25) is 0 Å². The summed E-state index contributed by atoms with van der Waals surface area (Å²) in [5.74, 6) is 0.750. The van der Waals surface area contributed by atoms with E-state index in [1.165, 1.54) is 5.56 Å². The van der Waals surface area contributed by atoms with Gasteiger partial charge in [-0.1, -0.05) is 40.2 Å². The molecule has 1 aliphatic carbocycles. The fourth-order valence-electron chi connectivity index (χ4n) is 3.21. The Hall–Kier alpha value is -1.16. The van der Waals surface area contributed by atoms with Gasteiger partial charge in [-0.05, 0) is 43.4 Å². The number of benzene rings is 1. The SMILES string of the molecule is Cc1[nH]nnc1C1(c2cccc(Br)c2)CC(C)C1. The van der Waals surface area contributed by atoms with Crippen molar-refractivity contribution < 1.29 is 0 Å². The molecule has 0 unspecified atom stereocenters. The molecule has 4 heteroatoms. The fraction of sp³-hybridized carbons (Fsp3) is 0.429. The molecule has 0 spiro atoms. The second-order valence-corrected chi connectivity index (χ2v) is 6.31. The maximum absolute atomic E-state index is 4.33. The maximum atomic E-state index is 4.33. The molecule has 2 aromatic rings. The Balaban J connectivity index is 2.11. The molecule has 1 N–H and O–H groups in total. The summed E-state index contributed by atoms with van der Waals surface area (Å²) in [4.78, 5) is 0. The number of halogens is 1. The van der Waals surface area contributed by atoms with Crippen molar-refractivity contribution in [3.63, 3.8) is 0 Å². The third kappa shape index (κ3) is 1.70. The summed E-state index contributed by atoms with van der Waals surface area (Å²) in [7, 11) is 0. The van der Waals surface area contributed by atoms with Gasteiger partial charge in [0.1, 0.15) is 0 Å². The lowest BCUT2D eigenvalue weighted by Crippen LogP contribution is -2.42. The van der Waals surface area contributed by atoms with E-state index in [0.29, 0.717) is 0 Å². The molecular weight excluding hydrogens is 290 g/mol. The van der Waals surface area contributed by atoms with Gasteiger partial charge < -0.3 is 0 Å². The minimum atomic E-state index is 0.0558. The first-order chi connectivity index (χ1) is 8.62. The van der Waals surface area contributed by atoms with E-state index in [1.54, 1.807) is 0 Å². The summed E-state index contributed by atoms with van der Waals surface area (Å²) in [6.45, 7) is 4.35. The monoisotopic (exact) mass is 305 g/mol. The first-order valence-corrected chi connectivity index (χ1v) is 7.05. The van der Waals surface area contributed by atoms with Crippen LogP contribution in [0.3, 0.4) is 0 Å². The quantitative estimate of drug-likeness (QED) is 0.921. The minimum absolute atomic E-state index is 0.0558. The van der Waals surface area contributed by atoms with E-state index >= 15 is 0 Å². The van der Waals surface area contributed by atoms with Crippen LogP contribution in [0.25, 0.3) is 0 Å². The van der Waals surface area contributed by atoms with Crippen LogP contribution in [0.15, 0.2) is 28.7 Å². The van der Waals surface area contributed by atoms with Crippen LogP contribution in [0, 0.1) is 12.8 Å². The number of nitrogens with one attached hydrogen (secondary N) is 1. The molecule has 0 atom stereocenters. The lowest BCUT2D eigenvalue weighted by atomic mass is 9.57. The molecule has 1 aromatic heterocycles. The van der Waals surface area contributed by atoms with Crippen LogP contribution < -0.4 is 0 Å². The molecule has 1 aliphatic rings. The molecule has 0 aliphatic heterocycles. The predicted molar refractivity (Wildman–Crippen MR) is 74.4 cm³/mol. The van der Waals surface area contributed by atoms with Crippen molar-refractivity contribution >= 4 is 15.9 Å². The smallest absolute Gasteiger partial charge is 0.0959 e. The van der Waals surface area contributed by atoms with Gasteiger partial charge in [-0.15, -0.1) is 5.10 Å². The Morgan fingerprint density at radius 2 is 2.17 bits per heavy atom. The highest BCUT2D eigenvalue weighted by molar-refractivity contribution is 9.10. The summed E-state index contributed by atoms with van der Waals surface area (Å²) >= 11 is 3.56.